The number of pyridine rings is 4. The Morgan fingerprint density at radius 3 is 1.40 bits per heavy atom. The Hall–Kier alpha value is -6.08. The van der Waals surface area contributed by atoms with Gasteiger partial charge in [0, 0.05) is 98.6 Å². The SMILES string of the molecule is C[C@@H](COC(C)(C)C(=O)O)NC1CCC(Cc2cc(-c3cccc(NCC4(C#N)CCOCC4)n3)c(Cl)cn2)CC1.C[C@@H](COC(C)(C)C(=O)OC(C)(C)C)NC1CCC(Cc2cc(-c3cccc(NCC4(C#N)CCOCC4)n3)c(Cl)cn2)CC1.O=CC(F)(F)F. The molecule has 92 heavy (non-hydrogen) atoms. The molecule has 504 valence electrons. The molecule has 0 amide bonds. The first kappa shape index (κ1) is 75.0. The van der Waals surface area contributed by atoms with Crippen molar-refractivity contribution in [2.45, 2.75) is 199 Å². The van der Waals surface area contributed by atoms with Gasteiger partial charge in [0.15, 0.2) is 11.2 Å². The fourth-order valence-corrected chi connectivity index (χ4v) is 11.8. The summed E-state index contributed by atoms with van der Waals surface area (Å²) < 4.78 is 59.2. The number of nitrogens with zero attached hydrogens (tertiary/aromatic N) is 6. The number of aromatic nitrogens is 4. The maximum atomic E-state index is 12.5. The van der Waals surface area contributed by atoms with Crippen molar-refractivity contribution in [1.82, 2.24) is 30.6 Å². The molecule has 0 aromatic carbocycles. The standard InChI is InChI=1S/C35H50ClN5O4.C31H42ClN5O4.C2HF3O/c1-24(21-44-34(5,6)32(42)45-33(2,3)4)40-26-12-10-25(11-13-26)18-27-19-28(29(36)20-38-27)30-8-7-9-31(41-30)39-23-35(22-37)14-16-43-17-15-35;1-21(18-41-30(2,3)29(38)39)36-23-9-7-22(8-10-23)15-24-16-25(26(32)17-34-24)27-5-4-6-28(37-27)35-20-31(19-33)11-13-40-14-12-31;3-2(4,5)1-6/h7-9,19-20,24-26,40H,10-18,21,23H2,1-6H3,(H,39,41);4-6,16-17,21-23,36H,7-15,18,20H2,1-3H3,(H,35,37)(H,38,39);1H/t24-,25?,26?;21-,22?,23?;/m00./s1. The predicted molar refractivity (Wildman–Crippen MR) is 348 cm³/mol. The van der Waals surface area contributed by atoms with E-state index in [0.29, 0.717) is 99.5 Å². The Balaban J connectivity index is 0.000000269. The molecule has 4 aromatic rings. The Kier molecular flexibility index (Phi) is 28.0. The monoisotopic (exact) mass is 1320 g/mol. The average Bonchev–Trinajstić information content (AvgIpc) is 1.02. The molecule has 19 nitrogen and oxygen atoms in total. The highest BCUT2D eigenvalue weighted by Crippen LogP contribution is 2.36. The van der Waals surface area contributed by atoms with Crippen molar-refractivity contribution in [3.8, 4) is 34.7 Å². The lowest BCUT2D eigenvalue weighted by molar-refractivity contribution is -0.180. The first-order valence-corrected chi connectivity index (χ1v) is 32.7. The van der Waals surface area contributed by atoms with Gasteiger partial charge in [0.25, 0.3) is 0 Å². The molecule has 24 heteroatoms. The van der Waals surface area contributed by atoms with Crippen molar-refractivity contribution in [2.24, 2.45) is 22.7 Å². The minimum Gasteiger partial charge on any atom is -0.479 e. The van der Waals surface area contributed by atoms with Gasteiger partial charge in [-0.1, -0.05) is 35.3 Å². The van der Waals surface area contributed by atoms with Gasteiger partial charge in [-0.25, -0.2) is 19.6 Å². The van der Waals surface area contributed by atoms with Crippen LogP contribution in [0.2, 0.25) is 10.0 Å². The summed E-state index contributed by atoms with van der Waals surface area (Å²) in [6.07, 6.45) is 11.1. The minimum absolute atomic E-state index is 0.0792. The summed E-state index contributed by atoms with van der Waals surface area (Å²) in [6, 6.07) is 21.8. The fourth-order valence-electron chi connectivity index (χ4n) is 11.4. The van der Waals surface area contributed by atoms with E-state index in [1.165, 1.54) is 0 Å². The van der Waals surface area contributed by atoms with Crippen LogP contribution in [0.3, 0.4) is 0 Å². The van der Waals surface area contributed by atoms with Crippen LogP contribution >= 0.6 is 23.2 Å². The molecule has 4 aromatic heterocycles. The molecule has 0 radical (unpaired) electrons. The largest absolute Gasteiger partial charge is 0.479 e. The third-order valence-electron chi connectivity index (χ3n) is 17.1. The normalized spacial score (nSPS) is 20.6. The quantitative estimate of drug-likeness (QED) is 0.0322. The smallest absolute Gasteiger partial charge is 0.446 e. The van der Waals surface area contributed by atoms with Gasteiger partial charge in [0.05, 0.1) is 57.6 Å². The number of nitrogens with one attached hydrogen (secondary N) is 4. The lowest BCUT2D eigenvalue weighted by Gasteiger charge is -2.33. The highest BCUT2D eigenvalue weighted by molar-refractivity contribution is 6.33. The summed E-state index contributed by atoms with van der Waals surface area (Å²) in [7, 11) is 0. The molecule has 0 bridgehead atoms. The van der Waals surface area contributed by atoms with Gasteiger partial charge >= 0.3 is 18.1 Å². The molecule has 2 atom stereocenters. The number of ether oxygens (including phenoxy) is 5. The Bertz CT molecular complexity index is 3110. The van der Waals surface area contributed by atoms with Crippen LogP contribution in [-0.2, 0) is 50.9 Å². The Labute approximate surface area is 550 Å². The number of aldehydes is 1. The van der Waals surface area contributed by atoms with Crippen LogP contribution in [0.5, 0.6) is 0 Å². The molecule has 4 aliphatic rings. The van der Waals surface area contributed by atoms with Crippen molar-refractivity contribution < 1.29 is 56.3 Å². The molecule has 2 saturated carbocycles. The highest BCUT2D eigenvalue weighted by Gasteiger charge is 2.37. The van der Waals surface area contributed by atoms with E-state index < -0.39 is 46.1 Å². The van der Waals surface area contributed by atoms with Gasteiger partial charge in [-0.15, -0.1) is 0 Å². The molecule has 5 N–H and O–H groups in total. The number of carbonyl (C=O) groups excluding carboxylic acids is 2. The first-order valence-electron chi connectivity index (χ1n) is 31.9. The zero-order chi connectivity index (χ0) is 67.3. The highest BCUT2D eigenvalue weighted by atomic mass is 35.5. The third-order valence-corrected chi connectivity index (χ3v) is 17.7. The number of rotatable bonds is 24. The number of halogens is 5. The van der Waals surface area contributed by atoms with Crippen LogP contribution in [0.15, 0.2) is 60.9 Å². The zero-order valence-corrected chi connectivity index (χ0v) is 56.2. The van der Waals surface area contributed by atoms with Crippen LogP contribution in [0.25, 0.3) is 22.5 Å². The van der Waals surface area contributed by atoms with Crippen LogP contribution in [-0.4, -0.2) is 143 Å². The number of esters is 1. The van der Waals surface area contributed by atoms with E-state index in [4.69, 9.17) is 61.6 Å². The van der Waals surface area contributed by atoms with Crippen LogP contribution < -0.4 is 21.3 Å². The van der Waals surface area contributed by atoms with Crippen molar-refractivity contribution in [3.63, 3.8) is 0 Å². The van der Waals surface area contributed by atoms with Crippen LogP contribution in [0.4, 0.5) is 24.8 Å². The number of nitriles is 2. The molecule has 0 spiro atoms. The number of aliphatic carboxylic acids is 1. The van der Waals surface area contributed by atoms with Crippen LogP contribution in [0, 0.1) is 45.3 Å². The van der Waals surface area contributed by atoms with E-state index in [9.17, 15) is 38.4 Å². The second-order valence-corrected chi connectivity index (χ2v) is 27.7. The predicted octanol–water partition coefficient (Wildman–Crippen LogP) is 13.0. The van der Waals surface area contributed by atoms with E-state index in [2.05, 4.69) is 62.4 Å². The molecule has 0 unspecified atom stereocenters. The van der Waals surface area contributed by atoms with Crippen molar-refractivity contribution in [2.75, 3.05) is 63.4 Å². The number of hydrogen-bond donors (Lipinski definition) is 5. The topological polar surface area (TPSA) is 265 Å². The molecule has 2 saturated heterocycles. The summed E-state index contributed by atoms with van der Waals surface area (Å²) in [5.41, 5.74) is 1.71. The number of carbonyl (C=O) groups is 3. The number of alkyl halides is 3. The summed E-state index contributed by atoms with van der Waals surface area (Å²) in [5.74, 6) is 1.22. The molecule has 2 aliphatic carbocycles. The number of hydrogen-bond acceptors (Lipinski definition) is 18. The molecule has 4 fully saturated rings. The molecular weight excluding hydrogens is 1230 g/mol. The summed E-state index contributed by atoms with van der Waals surface area (Å²) >= 11 is 13.2. The maximum absolute atomic E-state index is 12.5. The lowest BCUT2D eigenvalue weighted by Crippen LogP contribution is -2.46. The molecule has 2 aliphatic heterocycles. The molecule has 6 heterocycles. The maximum Gasteiger partial charge on any atom is 0.446 e. The van der Waals surface area contributed by atoms with E-state index in [1.54, 1.807) is 40.1 Å². The van der Waals surface area contributed by atoms with Crippen molar-refractivity contribution in [3.05, 3.63) is 82.4 Å². The first-order chi connectivity index (χ1) is 43.4. The fraction of sp³-hybridized carbons (Fsp3) is 0.632. The van der Waals surface area contributed by atoms with Gasteiger partial charge in [0.2, 0.25) is 6.29 Å². The molecular formula is C68H93Cl2F3N10O9. The molecule has 8 rings (SSSR count). The van der Waals surface area contributed by atoms with E-state index in [1.807, 2.05) is 64.1 Å². The van der Waals surface area contributed by atoms with Gasteiger partial charge in [-0.05, 0) is 200 Å². The zero-order valence-electron chi connectivity index (χ0n) is 54.7. The van der Waals surface area contributed by atoms with Gasteiger partial charge in [-0.2, -0.15) is 23.7 Å². The number of anilines is 2. The Morgan fingerprint density at radius 2 is 1.05 bits per heavy atom. The third kappa shape index (κ3) is 24.4. The van der Waals surface area contributed by atoms with Gasteiger partial charge < -0.3 is 50.1 Å². The summed E-state index contributed by atoms with van der Waals surface area (Å²) in [6.45, 7) is 20.7. The van der Waals surface area contributed by atoms with E-state index in [-0.39, 0.29) is 18.1 Å². The van der Waals surface area contributed by atoms with Crippen molar-refractivity contribution in [1.29, 1.82) is 10.5 Å². The van der Waals surface area contributed by atoms with Crippen LogP contribution in [0.1, 0.15) is 151 Å². The average molecular weight is 1320 g/mol. The number of carboxylic acids is 1. The second-order valence-electron chi connectivity index (χ2n) is 26.9. The van der Waals surface area contributed by atoms with Crippen molar-refractivity contribution >= 4 is 53.1 Å². The van der Waals surface area contributed by atoms with E-state index >= 15 is 0 Å². The summed E-state index contributed by atoms with van der Waals surface area (Å²) in [5, 5.41) is 44.0. The van der Waals surface area contributed by atoms with Gasteiger partial charge in [-0.3, -0.25) is 14.8 Å². The van der Waals surface area contributed by atoms with E-state index in [0.717, 1.165) is 123 Å². The minimum atomic E-state index is -4.64. The summed E-state index contributed by atoms with van der Waals surface area (Å²) in [4.78, 5) is 51.4. The Morgan fingerprint density at radius 1 is 0.674 bits per heavy atom. The number of carboxylic acid groups (broad SMARTS) is 1. The van der Waals surface area contributed by atoms with Gasteiger partial charge in [0.1, 0.15) is 17.2 Å². The second kappa shape index (κ2) is 34.4. The lowest BCUT2D eigenvalue weighted by atomic mass is 9.82.